The summed E-state index contributed by atoms with van der Waals surface area (Å²) in [5.74, 6) is 1.41. The maximum Gasteiger partial charge on any atom is 0.268 e. The van der Waals surface area contributed by atoms with E-state index in [4.69, 9.17) is 9.47 Å². The van der Waals surface area contributed by atoms with Crippen LogP contribution in [0, 0.1) is 0 Å². The summed E-state index contributed by atoms with van der Waals surface area (Å²) in [7, 11) is 1.62. The first-order chi connectivity index (χ1) is 11.1. The van der Waals surface area contributed by atoms with Gasteiger partial charge in [0.15, 0.2) is 6.10 Å². The van der Waals surface area contributed by atoms with Gasteiger partial charge in [0.1, 0.15) is 11.5 Å². The number of nitrogens with zero attached hydrogens (tertiary/aromatic N) is 1. The van der Waals surface area contributed by atoms with Crippen LogP contribution in [-0.4, -0.2) is 25.2 Å². The number of anilines is 1. The van der Waals surface area contributed by atoms with Crippen molar-refractivity contribution in [3.8, 4) is 11.5 Å². The number of carbonyl (C=O) groups is 1. The molecule has 0 radical (unpaired) electrons. The van der Waals surface area contributed by atoms with E-state index < -0.39 is 6.10 Å². The highest BCUT2D eigenvalue weighted by Gasteiger charge is 2.33. The van der Waals surface area contributed by atoms with Crippen LogP contribution in [0.2, 0.25) is 0 Å². The van der Waals surface area contributed by atoms with E-state index in [0.717, 1.165) is 17.9 Å². The lowest BCUT2D eigenvalue weighted by Gasteiger charge is -2.26. The Kier molecular flexibility index (Phi) is 4.24. The van der Waals surface area contributed by atoms with Crippen molar-refractivity contribution >= 4 is 11.6 Å². The van der Waals surface area contributed by atoms with Crippen molar-refractivity contribution in [2.24, 2.45) is 0 Å². The Morgan fingerprint density at radius 3 is 2.48 bits per heavy atom. The second kappa shape index (κ2) is 6.32. The van der Waals surface area contributed by atoms with Gasteiger partial charge in [0.2, 0.25) is 0 Å². The lowest BCUT2D eigenvalue weighted by molar-refractivity contribution is -0.124. The molecule has 0 saturated heterocycles. The number of rotatable bonds is 4. The fourth-order valence-electron chi connectivity index (χ4n) is 3.01. The number of hydrogen-bond donors (Lipinski definition) is 0. The highest BCUT2D eigenvalue weighted by Crippen LogP contribution is 2.32. The molecule has 1 aliphatic rings. The first kappa shape index (κ1) is 15.4. The van der Waals surface area contributed by atoms with Crippen molar-refractivity contribution in [2.45, 2.75) is 32.4 Å². The van der Waals surface area contributed by atoms with Gasteiger partial charge in [-0.05, 0) is 56.2 Å². The number of para-hydroxylation sites is 1. The number of hydrogen-bond acceptors (Lipinski definition) is 3. The molecule has 0 saturated carbocycles. The monoisotopic (exact) mass is 311 g/mol. The Bertz CT molecular complexity index is 696. The normalized spacial score (nSPS) is 17.5. The molecule has 2 aromatic rings. The lowest BCUT2D eigenvalue weighted by atomic mass is 10.1. The van der Waals surface area contributed by atoms with Crippen molar-refractivity contribution in [3.63, 3.8) is 0 Å². The molecule has 0 unspecified atom stereocenters. The Balaban J connectivity index is 1.74. The molecular formula is C19H21NO3. The van der Waals surface area contributed by atoms with Gasteiger partial charge in [0.05, 0.1) is 7.11 Å². The Hall–Kier alpha value is -2.49. The summed E-state index contributed by atoms with van der Waals surface area (Å²) in [5, 5.41) is 0. The van der Waals surface area contributed by atoms with Gasteiger partial charge in [-0.2, -0.15) is 0 Å². The van der Waals surface area contributed by atoms with Crippen LogP contribution < -0.4 is 14.4 Å². The number of fused-ring (bicyclic) bond motifs is 1. The number of benzene rings is 2. The van der Waals surface area contributed by atoms with Crippen LogP contribution in [-0.2, 0) is 11.2 Å². The maximum absolute atomic E-state index is 12.8. The van der Waals surface area contributed by atoms with E-state index in [-0.39, 0.29) is 11.9 Å². The summed E-state index contributed by atoms with van der Waals surface area (Å²) in [6, 6.07) is 15.5. The zero-order valence-corrected chi connectivity index (χ0v) is 13.7. The first-order valence-corrected chi connectivity index (χ1v) is 7.82. The highest BCUT2D eigenvalue weighted by molar-refractivity contribution is 5.99. The van der Waals surface area contributed by atoms with Gasteiger partial charge in [0, 0.05) is 11.7 Å². The molecule has 0 spiro atoms. The average Bonchev–Trinajstić information content (AvgIpc) is 2.90. The molecule has 0 aromatic heterocycles. The lowest BCUT2D eigenvalue weighted by Crippen LogP contribution is -2.43. The van der Waals surface area contributed by atoms with E-state index in [1.54, 1.807) is 14.0 Å². The molecule has 2 aromatic carbocycles. The first-order valence-electron chi connectivity index (χ1n) is 7.82. The predicted molar refractivity (Wildman–Crippen MR) is 90.2 cm³/mol. The van der Waals surface area contributed by atoms with E-state index in [1.807, 2.05) is 47.4 Å². The van der Waals surface area contributed by atoms with Gasteiger partial charge in [-0.15, -0.1) is 0 Å². The molecule has 120 valence electrons. The minimum Gasteiger partial charge on any atom is -0.497 e. The molecule has 0 N–H and O–H groups in total. The van der Waals surface area contributed by atoms with Crippen LogP contribution in [0.5, 0.6) is 11.5 Å². The third kappa shape index (κ3) is 3.02. The zero-order valence-electron chi connectivity index (χ0n) is 13.7. The van der Waals surface area contributed by atoms with E-state index in [0.29, 0.717) is 5.75 Å². The smallest absolute Gasteiger partial charge is 0.268 e. The summed E-state index contributed by atoms with van der Waals surface area (Å²) in [5.41, 5.74) is 2.21. The number of ether oxygens (including phenoxy) is 2. The van der Waals surface area contributed by atoms with E-state index in [9.17, 15) is 4.79 Å². The summed E-state index contributed by atoms with van der Waals surface area (Å²) in [6.45, 7) is 3.86. The Labute approximate surface area is 136 Å². The van der Waals surface area contributed by atoms with Crippen molar-refractivity contribution in [2.75, 3.05) is 12.0 Å². The third-order valence-electron chi connectivity index (χ3n) is 4.16. The van der Waals surface area contributed by atoms with E-state index >= 15 is 0 Å². The largest absolute Gasteiger partial charge is 0.497 e. The van der Waals surface area contributed by atoms with Crippen molar-refractivity contribution in [3.05, 3.63) is 54.1 Å². The molecule has 2 atom stereocenters. The van der Waals surface area contributed by atoms with E-state index in [1.165, 1.54) is 5.56 Å². The molecular weight excluding hydrogens is 290 g/mol. The number of carbonyl (C=O) groups excluding carboxylic acids is 1. The fourth-order valence-corrected chi connectivity index (χ4v) is 3.01. The van der Waals surface area contributed by atoms with Crippen LogP contribution in [0.1, 0.15) is 19.4 Å². The Morgan fingerprint density at radius 2 is 1.78 bits per heavy atom. The minimum atomic E-state index is -0.544. The van der Waals surface area contributed by atoms with Crippen LogP contribution in [0.4, 0.5) is 5.69 Å². The van der Waals surface area contributed by atoms with Crippen molar-refractivity contribution in [1.82, 2.24) is 0 Å². The summed E-state index contributed by atoms with van der Waals surface area (Å²) < 4.78 is 10.9. The fraction of sp³-hybridized carbons (Fsp3) is 0.316. The SMILES string of the molecule is COc1ccc(O[C@H](C)C(=O)N2c3ccccc3C[C@@H]2C)cc1. The highest BCUT2D eigenvalue weighted by atomic mass is 16.5. The molecule has 4 heteroatoms. The second-order valence-corrected chi connectivity index (χ2v) is 5.83. The molecule has 4 nitrogen and oxygen atoms in total. The molecule has 1 aliphatic heterocycles. The number of methoxy groups -OCH3 is 1. The molecule has 0 fully saturated rings. The average molecular weight is 311 g/mol. The van der Waals surface area contributed by atoms with Crippen LogP contribution in [0.25, 0.3) is 0 Å². The molecule has 23 heavy (non-hydrogen) atoms. The predicted octanol–water partition coefficient (Wildman–Crippen LogP) is 3.44. The maximum atomic E-state index is 12.8. The summed E-state index contributed by atoms with van der Waals surface area (Å²) in [6.07, 6.45) is 0.342. The molecule has 3 rings (SSSR count). The standard InChI is InChI=1S/C19H21NO3/c1-13-12-15-6-4-5-7-18(15)20(13)19(21)14(2)23-17-10-8-16(22-3)9-11-17/h4-11,13-14H,12H2,1-3H3/t13-,14+/m0/s1. The minimum absolute atomic E-state index is 0.0155. The molecule has 1 amide bonds. The summed E-state index contributed by atoms with van der Waals surface area (Å²) in [4.78, 5) is 14.7. The van der Waals surface area contributed by atoms with Gasteiger partial charge in [-0.3, -0.25) is 4.79 Å². The van der Waals surface area contributed by atoms with Crippen molar-refractivity contribution in [1.29, 1.82) is 0 Å². The molecule has 1 heterocycles. The summed E-state index contributed by atoms with van der Waals surface area (Å²) >= 11 is 0. The quantitative estimate of drug-likeness (QED) is 0.868. The van der Waals surface area contributed by atoms with E-state index in [2.05, 4.69) is 13.0 Å². The topological polar surface area (TPSA) is 38.8 Å². The van der Waals surface area contributed by atoms with Gasteiger partial charge in [-0.25, -0.2) is 0 Å². The third-order valence-corrected chi connectivity index (χ3v) is 4.16. The zero-order chi connectivity index (χ0) is 16.4. The van der Waals surface area contributed by atoms with Crippen LogP contribution >= 0.6 is 0 Å². The Morgan fingerprint density at radius 1 is 1.13 bits per heavy atom. The van der Waals surface area contributed by atoms with Gasteiger partial charge in [0.25, 0.3) is 5.91 Å². The van der Waals surface area contributed by atoms with Gasteiger partial charge in [-0.1, -0.05) is 18.2 Å². The van der Waals surface area contributed by atoms with Gasteiger partial charge < -0.3 is 14.4 Å². The van der Waals surface area contributed by atoms with Crippen LogP contribution in [0.3, 0.4) is 0 Å². The van der Waals surface area contributed by atoms with Crippen molar-refractivity contribution < 1.29 is 14.3 Å². The molecule has 0 bridgehead atoms. The van der Waals surface area contributed by atoms with Gasteiger partial charge >= 0.3 is 0 Å². The van der Waals surface area contributed by atoms with Crippen LogP contribution in [0.15, 0.2) is 48.5 Å². The number of amides is 1. The second-order valence-electron chi connectivity index (χ2n) is 5.83. The molecule has 0 aliphatic carbocycles.